The Morgan fingerprint density at radius 1 is 1.50 bits per heavy atom. The van der Waals surface area contributed by atoms with Crippen LogP contribution >= 0.6 is 11.6 Å². The molecule has 0 amide bonds. The molecule has 1 aromatic carbocycles. The Morgan fingerprint density at radius 2 is 2.20 bits per heavy atom. The summed E-state index contributed by atoms with van der Waals surface area (Å²) in [5.41, 5.74) is 0.954. The maximum Gasteiger partial charge on any atom is 0.335 e. The molecule has 0 saturated carbocycles. The van der Waals surface area contributed by atoms with Crippen LogP contribution in [0.1, 0.15) is 22.8 Å². The van der Waals surface area contributed by atoms with Crippen molar-refractivity contribution in [3.05, 3.63) is 34.3 Å². The van der Waals surface area contributed by atoms with E-state index in [1.54, 1.807) is 6.07 Å². The van der Waals surface area contributed by atoms with E-state index in [1.165, 1.54) is 12.1 Å². The van der Waals surface area contributed by atoms with Crippen molar-refractivity contribution in [3.8, 4) is 0 Å². The first-order chi connectivity index (χ1) is 9.28. The molecule has 7 heteroatoms. The highest BCUT2D eigenvalue weighted by atomic mass is 35.5. The molecular formula is C13H16ClNO4S. The SMILES string of the molecule is CC1CS(=O)(=O)CCN1Cc1ccc(C(=O)O)cc1Cl. The van der Waals surface area contributed by atoms with Gasteiger partial charge in [0.2, 0.25) is 0 Å². The van der Waals surface area contributed by atoms with Gasteiger partial charge in [-0.05, 0) is 24.6 Å². The maximum absolute atomic E-state index is 11.5. The Kier molecular flexibility index (Phi) is 4.36. The third kappa shape index (κ3) is 3.50. The smallest absolute Gasteiger partial charge is 0.335 e. The van der Waals surface area contributed by atoms with Gasteiger partial charge < -0.3 is 5.11 Å². The summed E-state index contributed by atoms with van der Waals surface area (Å²) in [6.07, 6.45) is 0. The zero-order chi connectivity index (χ0) is 14.9. The lowest BCUT2D eigenvalue weighted by molar-refractivity contribution is 0.0697. The standard InChI is InChI=1S/C13H16ClNO4S/c1-9-8-20(18,19)5-4-15(9)7-11-3-2-10(13(16)17)6-12(11)14/h2-3,6,9H,4-5,7-8H2,1H3,(H,16,17). The van der Waals surface area contributed by atoms with Crippen molar-refractivity contribution < 1.29 is 18.3 Å². The zero-order valence-electron chi connectivity index (χ0n) is 11.0. The van der Waals surface area contributed by atoms with E-state index >= 15 is 0 Å². The summed E-state index contributed by atoms with van der Waals surface area (Å²) in [7, 11) is -2.94. The number of carboxylic acids is 1. The number of hydrogen-bond acceptors (Lipinski definition) is 4. The van der Waals surface area contributed by atoms with Crippen LogP contribution in [0.3, 0.4) is 0 Å². The Labute approximate surface area is 123 Å². The van der Waals surface area contributed by atoms with Gasteiger partial charge in [-0.1, -0.05) is 17.7 Å². The molecule has 1 heterocycles. The van der Waals surface area contributed by atoms with E-state index in [2.05, 4.69) is 0 Å². The summed E-state index contributed by atoms with van der Waals surface area (Å²) >= 11 is 6.09. The number of benzene rings is 1. The average Bonchev–Trinajstić information content (AvgIpc) is 2.33. The number of sulfone groups is 1. The molecule has 0 aliphatic carbocycles. The van der Waals surface area contributed by atoms with Crippen LogP contribution < -0.4 is 0 Å². The zero-order valence-corrected chi connectivity index (χ0v) is 12.6. The van der Waals surface area contributed by atoms with E-state index in [-0.39, 0.29) is 23.1 Å². The number of hydrogen-bond donors (Lipinski definition) is 1. The number of halogens is 1. The van der Waals surface area contributed by atoms with Crippen molar-refractivity contribution in [1.82, 2.24) is 4.90 Å². The Hall–Kier alpha value is -1.11. The van der Waals surface area contributed by atoms with Gasteiger partial charge in [-0.3, -0.25) is 4.90 Å². The van der Waals surface area contributed by atoms with Gasteiger partial charge in [-0.15, -0.1) is 0 Å². The third-order valence-electron chi connectivity index (χ3n) is 3.48. The fraction of sp³-hybridized carbons (Fsp3) is 0.462. The van der Waals surface area contributed by atoms with Gasteiger partial charge in [0.15, 0.2) is 9.84 Å². The molecule has 1 N–H and O–H groups in total. The van der Waals surface area contributed by atoms with Crippen LogP contribution in [-0.2, 0) is 16.4 Å². The fourth-order valence-corrected chi connectivity index (χ4v) is 4.16. The van der Waals surface area contributed by atoms with E-state index < -0.39 is 15.8 Å². The molecule has 110 valence electrons. The Balaban J connectivity index is 2.13. The summed E-state index contributed by atoms with van der Waals surface area (Å²) in [4.78, 5) is 12.9. The second-order valence-corrected chi connectivity index (χ2v) is 7.68. The predicted octanol–water partition coefficient (Wildman–Crippen LogP) is 1.66. The molecule has 5 nitrogen and oxygen atoms in total. The van der Waals surface area contributed by atoms with E-state index in [1.807, 2.05) is 11.8 Å². The lowest BCUT2D eigenvalue weighted by atomic mass is 10.1. The number of rotatable bonds is 3. The van der Waals surface area contributed by atoms with Gasteiger partial charge in [-0.25, -0.2) is 13.2 Å². The first-order valence-corrected chi connectivity index (χ1v) is 8.44. The molecule has 1 fully saturated rings. The molecule has 0 aromatic heterocycles. The number of carbonyl (C=O) groups is 1. The van der Waals surface area contributed by atoms with E-state index in [9.17, 15) is 13.2 Å². The van der Waals surface area contributed by atoms with E-state index in [0.717, 1.165) is 5.56 Å². The molecule has 0 radical (unpaired) electrons. The van der Waals surface area contributed by atoms with Gasteiger partial charge in [-0.2, -0.15) is 0 Å². The molecule has 1 aliphatic rings. The first kappa shape index (κ1) is 15.3. The van der Waals surface area contributed by atoms with Crippen LogP contribution in [-0.4, -0.2) is 48.5 Å². The Morgan fingerprint density at radius 3 is 2.75 bits per heavy atom. The molecular weight excluding hydrogens is 302 g/mol. The summed E-state index contributed by atoms with van der Waals surface area (Å²) in [6.45, 7) is 2.87. The third-order valence-corrected chi connectivity index (χ3v) is 5.63. The lowest BCUT2D eigenvalue weighted by Crippen LogP contribution is -2.46. The molecule has 1 aliphatic heterocycles. The van der Waals surface area contributed by atoms with Crippen LogP contribution in [0.2, 0.25) is 5.02 Å². The predicted molar refractivity (Wildman–Crippen MR) is 76.9 cm³/mol. The highest BCUT2D eigenvalue weighted by Crippen LogP contribution is 2.22. The largest absolute Gasteiger partial charge is 0.478 e. The monoisotopic (exact) mass is 317 g/mol. The average molecular weight is 318 g/mol. The summed E-state index contributed by atoms with van der Waals surface area (Å²) in [5.74, 6) is -0.712. The summed E-state index contributed by atoms with van der Waals surface area (Å²) in [5, 5.41) is 9.28. The van der Waals surface area contributed by atoms with Gasteiger partial charge in [0.05, 0.1) is 17.1 Å². The fourth-order valence-electron chi connectivity index (χ4n) is 2.30. The summed E-state index contributed by atoms with van der Waals surface area (Å²) in [6, 6.07) is 4.55. The van der Waals surface area contributed by atoms with E-state index in [0.29, 0.717) is 18.1 Å². The Bertz CT molecular complexity index is 629. The molecule has 1 unspecified atom stereocenters. The van der Waals surface area contributed by atoms with Gasteiger partial charge in [0.25, 0.3) is 0 Å². The molecule has 0 spiro atoms. The first-order valence-electron chi connectivity index (χ1n) is 6.25. The second-order valence-electron chi connectivity index (χ2n) is 5.05. The minimum absolute atomic E-state index is 0.0658. The highest BCUT2D eigenvalue weighted by molar-refractivity contribution is 7.91. The van der Waals surface area contributed by atoms with Crippen molar-refractivity contribution in [3.63, 3.8) is 0 Å². The van der Waals surface area contributed by atoms with Gasteiger partial charge in [0.1, 0.15) is 0 Å². The molecule has 0 bridgehead atoms. The highest BCUT2D eigenvalue weighted by Gasteiger charge is 2.28. The van der Waals surface area contributed by atoms with Crippen LogP contribution in [0.15, 0.2) is 18.2 Å². The molecule has 2 rings (SSSR count). The maximum atomic E-state index is 11.5. The van der Waals surface area contributed by atoms with Crippen molar-refractivity contribution in [2.75, 3.05) is 18.1 Å². The molecule has 1 atom stereocenters. The molecule has 1 saturated heterocycles. The van der Waals surface area contributed by atoms with Crippen molar-refractivity contribution in [2.45, 2.75) is 19.5 Å². The van der Waals surface area contributed by atoms with Crippen molar-refractivity contribution >= 4 is 27.4 Å². The van der Waals surface area contributed by atoms with Crippen LogP contribution in [0.5, 0.6) is 0 Å². The minimum Gasteiger partial charge on any atom is -0.478 e. The normalized spacial score (nSPS) is 22.6. The van der Waals surface area contributed by atoms with Crippen LogP contribution in [0.25, 0.3) is 0 Å². The minimum atomic E-state index is -2.94. The topological polar surface area (TPSA) is 74.7 Å². The van der Waals surface area contributed by atoms with Gasteiger partial charge in [0, 0.05) is 24.2 Å². The molecule has 1 aromatic rings. The number of aromatic carboxylic acids is 1. The second kappa shape index (κ2) is 5.71. The van der Waals surface area contributed by atoms with E-state index in [4.69, 9.17) is 16.7 Å². The van der Waals surface area contributed by atoms with Crippen LogP contribution in [0.4, 0.5) is 0 Å². The summed E-state index contributed by atoms with van der Waals surface area (Å²) < 4.78 is 23.1. The lowest BCUT2D eigenvalue weighted by Gasteiger charge is -2.33. The quantitative estimate of drug-likeness (QED) is 0.917. The van der Waals surface area contributed by atoms with Crippen molar-refractivity contribution in [1.29, 1.82) is 0 Å². The van der Waals surface area contributed by atoms with Crippen molar-refractivity contribution in [2.24, 2.45) is 0 Å². The number of nitrogens with zero attached hydrogens (tertiary/aromatic N) is 1. The number of carboxylic acid groups (broad SMARTS) is 1. The van der Waals surface area contributed by atoms with Crippen LogP contribution in [0, 0.1) is 0 Å². The molecule has 20 heavy (non-hydrogen) atoms. The van der Waals surface area contributed by atoms with Gasteiger partial charge >= 0.3 is 5.97 Å².